The van der Waals surface area contributed by atoms with Crippen LogP contribution in [-0.2, 0) is 0 Å². The summed E-state index contributed by atoms with van der Waals surface area (Å²) >= 11 is 0. The van der Waals surface area contributed by atoms with Gasteiger partial charge in [0.05, 0.1) is 7.11 Å². The van der Waals surface area contributed by atoms with E-state index in [0.29, 0.717) is 11.8 Å². The highest BCUT2D eigenvalue weighted by molar-refractivity contribution is 5.48. The van der Waals surface area contributed by atoms with Crippen LogP contribution >= 0.6 is 0 Å². The summed E-state index contributed by atoms with van der Waals surface area (Å²) in [4.78, 5) is 6.41. The van der Waals surface area contributed by atoms with E-state index >= 15 is 0 Å². The minimum Gasteiger partial charge on any atom is -0.481 e. The lowest BCUT2D eigenvalue weighted by Crippen LogP contribution is -2.47. The first-order valence-corrected chi connectivity index (χ1v) is 5.71. The van der Waals surface area contributed by atoms with Crippen molar-refractivity contribution in [3.05, 3.63) is 18.3 Å². The Hall–Kier alpha value is -1.29. The molecule has 1 saturated heterocycles. The summed E-state index contributed by atoms with van der Waals surface area (Å²) in [6, 6.07) is 4.22. The number of aromatic nitrogens is 1. The molecule has 88 valence electrons. The van der Waals surface area contributed by atoms with Crippen LogP contribution in [0.5, 0.6) is 5.88 Å². The van der Waals surface area contributed by atoms with Gasteiger partial charge >= 0.3 is 0 Å². The fourth-order valence-electron chi connectivity index (χ4n) is 2.04. The lowest BCUT2D eigenvalue weighted by atomic mass is 9.94. The Bertz CT molecular complexity index is 356. The van der Waals surface area contributed by atoms with Gasteiger partial charge < -0.3 is 15.4 Å². The quantitative estimate of drug-likeness (QED) is 0.817. The molecule has 0 aliphatic carbocycles. The molecule has 1 aromatic heterocycles. The van der Waals surface area contributed by atoms with Crippen molar-refractivity contribution in [2.24, 2.45) is 11.7 Å². The molecule has 0 aromatic carbocycles. The van der Waals surface area contributed by atoms with Crippen molar-refractivity contribution >= 4 is 5.69 Å². The van der Waals surface area contributed by atoms with Gasteiger partial charge in [0.15, 0.2) is 0 Å². The van der Waals surface area contributed by atoms with Gasteiger partial charge in [-0.15, -0.1) is 0 Å². The van der Waals surface area contributed by atoms with Gasteiger partial charge in [-0.2, -0.15) is 0 Å². The predicted octanol–water partition coefficient (Wildman–Crippen LogP) is 1.26. The first-order valence-electron chi connectivity index (χ1n) is 5.71. The normalized spacial score (nSPS) is 25.6. The number of hydrogen-bond donors (Lipinski definition) is 1. The number of methoxy groups -OCH3 is 1. The van der Waals surface area contributed by atoms with E-state index in [-0.39, 0.29) is 6.04 Å². The first-order chi connectivity index (χ1) is 7.70. The maximum atomic E-state index is 6.09. The molecule has 1 aliphatic heterocycles. The monoisotopic (exact) mass is 221 g/mol. The van der Waals surface area contributed by atoms with Gasteiger partial charge in [0.25, 0.3) is 0 Å². The molecule has 1 aliphatic rings. The molecule has 4 nitrogen and oxygen atoms in total. The van der Waals surface area contributed by atoms with E-state index in [1.165, 1.54) is 0 Å². The number of ether oxygens (including phenoxy) is 1. The Morgan fingerprint density at radius 2 is 2.38 bits per heavy atom. The SMILES string of the molecule is COc1cc(N2CCC(C)C(N)C2)ccn1. The largest absolute Gasteiger partial charge is 0.481 e. The summed E-state index contributed by atoms with van der Waals surface area (Å²) < 4.78 is 5.12. The van der Waals surface area contributed by atoms with Crippen molar-refractivity contribution in [2.45, 2.75) is 19.4 Å². The number of hydrogen-bond acceptors (Lipinski definition) is 4. The van der Waals surface area contributed by atoms with E-state index in [4.69, 9.17) is 10.5 Å². The van der Waals surface area contributed by atoms with Crippen LogP contribution in [0.15, 0.2) is 18.3 Å². The van der Waals surface area contributed by atoms with Crippen molar-refractivity contribution in [2.75, 3.05) is 25.1 Å². The number of anilines is 1. The maximum Gasteiger partial charge on any atom is 0.214 e. The van der Waals surface area contributed by atoms with Crippen LogP contribution in [0.1, 0.15) is 13.3 Å². The number of pyridine rings is 1. The van der Waals surface area contributed by atoms with Gasteiger partial charge in [-0.05, 0) is 18.4 Å². The molecule has 16 heavy (non-hydrogen) atoms. The third-order valence-corrected chi connectivity index (χ3v) is 3.31. The van der Waals surface area contributed by atoms with Gasteiger partial charge in [0.1, 0.15) is 0 Å². The zero-order valence-electron chi connectivity index (χ0n) is 9.89. The van der Waals surface area contributed by atoms with E-state index in [9.17, 15) is 0 Å². The van der Waals surface area contributed by atoms with Crippen LogP contribution in [0.25, 0.3) is 0 Å². The van der Waals surface area contributed by atoms with Gasteiger partial charge in [0.2, 0.25) is 5.88 Å². The van der Waals surface area contributed by atoms with E-state index in [1.54, 1.807) is 13.3 Å². The third-order valence-electron chi connectivity index (χ3n) is 3.31. The topological polar surface area (TPSA) is 51.4 Å². The Balaban J connectivity index is 2.12. The third kappa shape index (κ3) is 2.27. The van der Waals surface area contributed by atoms with Gasteiger partial charge in [-0.25, -0.2) is 4.98 Å². The van der Waals surface area contributed by atoms with Crippen LogP contribution in [0.4, 0.5) is 5.69 Å². The highest BCUT2D eigenvalue weighted by atomic mass is 16.5. The molecule has 0 radical (unpaired) electrons. The second kappa shape index (κ2) is 4.70. The molecule has 0 amide bonds. The van der Waals surface area contributed by atoms with Gasteiger partial charge in [-0.1, -0.05) is 6.92 Å². The minimum absolute atomic E-state index is 0.257. The highest BCUT2D eigenvalue weighted by Gasteiger charge is 2.23. The van der Waals surface area contributed by atoms with Crippen LogP contribution < -0.4 is 15.4 Å². The standard InChI is InChI=1S/C12H19N3O/c1-9-4-6-15(8-11(9)13)10-3-5-14-12(7-10)16-2/h3,5,7,9,11H,4,6,8,13H2,1-2H3. The highest BCUT2D eigenvalue weighted by Crippen LogP contribution is 2.24. The molecule has 1 fully saturated rings. The van der Waals surface area contributed by atoms with Crippen LogP contribution in [0.3, 0.4) is 0 Å². The van der Waals surface area contributed by atoms with Crippen LogP contribution in [-0.4, -0.2) is 31.2 Å². The van der Waals surface area contributed by atoms with Crippen molar-refractivity contribution in [3.63, 3.8) is 0 Å². The lowest BCUT2D eigenvalue weighted by Gasteiger charge is -2.36. The Morgan fingerprint density at radius 1 is 1.56 bits per heavy atom. The van der Waals surface area contributed by atoms with E-state index < -0.39 is 0 Å². The molecular weight excluding hydrogens is 202 g/mol. The van der Waals surface area contributed by atoms with Crippen molar-refractivity contribution < 1.29 is 4.74 Å². The summed E-state index contributed by atoms with van der Waals surface area (Å²) in [5.41, 5.74) is 7.24. The molecular formula is C12H19N3O. The minimum atomic E-state index is 0.257. The van der Waals surface area contributed by atoms with Crippen molar-refractivity contribution in [1.29, 1.82) is 0 Å². The van der Waals surface area contributed by atoms with E-state index in [2.05, 4.69) is 16.8 Å². The Labute approximate surface area is 96.4 Å². The zero-order chi connectivity index (χ0) is 11.5. The number of nitrogens with two attached hydrogens (primary N) is 1. The molecule has 0 spiro atoms. The van der Waals surface area contributed by atoms with Gasteiger partial charge in [-0.3, -0.25) is 0 Å². The van der Waals surface area contributed by atoms with Crippen LogP contribution in [0.2, 0.25) is 0 Å². The number of piperidine rings is 1. The molecule has 0 saturated carbocycles. The molecule has 1 aromatic rings. The fraction of sp³-hybridized carbons (Fsp3) is 0.583. The Morgan fingerprint density at radius 3 is 3.06 bits per heavy atom. The van der Waals surface area contributed by atoms with Crippen LogP contribution in [0, 0.1) is 5.92 Å². The van der Waals surface area contributed by atoms with Gasteiger partial charge in [0, 0.05) is 37.1 Å². The summed E-state index contributed by atoms with van der Waals surface area (Å²) in [7, 11) is 1.64. The second-order valence-electron chi connectivity index (χ2n) is 4.43. The fourth-order valence-corrected chi connectivity index (χ4v) is 2.04. The molecule has 2 rings (SSSR count). The summed E-state index contributed by atoms with van der Waals surface area (Å²) in [5.74, 6) is 1.27. The molecule has 2 N–H and O–H groups in total. The maximum absolute atomic E-state index is 6.09. The molecule has 2 unspecified atom stereocenters. The molecule has 0 bridgehead atoms. The first kappa shape index (κ1) is 11.2. The van der Waals surface area contributed by atoms with Crippen molar-refractivity contribution in [3.8, 4) is 5.88 Å². The van der Waals surface area contributed by atoms with E-state index in [0.717, 1.165) is 25.2 Å². The summed E-state index contributed by atoms with van der Waals surface area (Å²) in [6.07, 6.45) is 2.92. The summed E-state index contributed by atoms with van der Waals surface area (Å²) in [5, 5.41) is 0. The van der Waals surface area contributed by atoms with E-state index in [1.807, 2.05) is 12.1 Å². The molecule has 2 heterocycles. The summed E-state index contributed by atoms with van der Waals surface area (Å²) in [6.45, 7) is 4.19. The average molecular weight is 221 g/mol. The lowest BCUT2D eigenvalue weighted by molar-refractivity contribution is 0.377. The second-order valence-corrected chi connectivity index (χ2v) is 4.43. The number of rotatable bonds is 2. The molecule has 2 atom stereocenters. The Kier molecular flexibility index (Phi) is 3.29. The smallest absolute Gasteiger partial charge is 0.214 e. The van der Waals surface area contributed by atoms with Crippen molar-refractivity contribution in [1.82, 2.24) is 4.98 Å². The predicted molar refractivity (Wildman–Crippen MR) is 64.8 cm³/mol. The zero-order valence-corrected chi connectivity index (χ0v) is 9.89. The average Bonchev–Trinajstić information content (AvgIpc) is 2.33. The number of nitrogens with zero attached hydrogens (tertiary/aromatic N) is 2. The molecule has 4 heteroatoms.